The lowest BCUT2D eigenvalue weighted by molar-refractivity contribution is 0.160. The van der Waals surface area contributed by atoms with Crippen LogP contribution in [-0.2, 0) is 0 Å². The SMILES string of the molecule is CN(CC1CCCCC1)CC(CS)C(C)(C)C. The maximum absolute atomic E-state index is 4.52. The topological polar surface area (TPSA) is 3.24 Å². The molecular weight excluding hydrogens is 226 g/mol. The molecule has 17 heavy (non-hydrogen) atoms. The minimum Gasteiger partial charge on any atom is -0.306 e. The van der Waals surface area contributed by atoms with E-state index in [1.54, 1.807) is 0 Å². The normalized spacial score (nSPS) is 20.8. The molecule has 0 aromatic heterocycles. The first-order valence-corrected chi connectivity index (χ1v) is 7.86. The van der Waals surface area contributed by atoms with E-state index < -0.39 is 0 Å². The maximum atomic E-state index is 4.52. The zero-order chi connectivity index (χ0) is 12.9. The fraction of sp³-hybridized carbons (Fsp3) is 1.00. The lowest BCUT2D eigenvalue weighted by Crippen LogP contribution is -2.37. The molecule has 0 amide bonds. The smallest absolute Gasteiger partial charge is 0.00195 e. The Kier molecular flexibility index (Phi) is 6.36. The van der Waals surface area contributed by atoms with E-state index in [0.717, 1.165) is 11.7 Å². The summed E-state index contributed by atoms with van der Waals surface area (Å²) in [5, 5.41) is 0. The van der Waals surface area contributed by atoms with Crippen LogP contribution in [0.15, 0.2) is 0 Å². The summed E-state index contributed by atoms with van der Waals surface area (Å²) in [5.41, 5.74) is 0.378. The summed E-state index contributed by atoms with van der Waals surface area (Å²) in [6, 6.07) is 0. The highest BCUT2D eigenvalue weighted by Gasteiger charge is 2.25. The standard InChI is InChI=1S/C15H31NS/c1-15(2,3)14(12-17)11-16(4)10-13-8-6-5-7-9-13/h13-14,17H,5-12H2,1-4H3. The Morgan fingerprint density at radius 1 is 1.18 bits per heavy atom. The molecule has 0 aromatic rings. The first-order chi connectivity index (χ1) is 7.93. The first-order valence-electron chi connectivity index (χ1n) is 7.23. The third-order valence-electron chi connectivity index (χ3n) is 4.27. The molecule has 0 spiro atoms. The molecule has 0 aromatic carbocycles. The van der Waals surface area contributed by atoms with Crippen molar-refractivity contribution in [3.63, 3.8) is 0 Å². The van der Waals surface area contributed by atoms with Crippen LogP contribution < -0.4 is 0 Å². The van der Waals surface area contributed by atoms with Crippen LogP contribution in [0.5, 0.6) is 0 Å². The molecule has 0 heterocycles. The molecule has 1 fully saturated rings. The molecule has 102 valence electrons. The van der Waals surface area contributed by atoms with Crippen molar-refractivity contribution in [3.05, 3.63) is 0 Å². The van der Waals surface area contributed by atoms with E-state index in [1.165, 1.54) is 45.2 Å². The Morgan fingerprint density at radius 2 is 1.76 bits per heavy atom. The molecule has 1 aliphatic rings. The summed E-state index contributed by atoms with van der Waals surface area (Å²) >= 11 is 4.52. The van der Waals surface area contributed by atoms with Gasteiger partial charge in [0.2, 0.25) is 0 Å². The van der Waals surface area contributed by atoms with Crippen LogP contribution in [-0.4, -0.2) is 30.8 Å². The molecule has 1 aliphatic carbocycles. The van der Waals surface area contributed by atoms with E-state index in [2.05, 4.69) is 45.3 Å². The monoisotopic (exact) mass is 257 g/mol. The molecular formula is C15H31NS. The van der Waals surface area contributed by atoms with Crippen molar-refractivity contribution in [2.24, 2.45) is 17.3 Å². The van der Waals surface area contributed by atoms with Gasteiger partial charge in [-0.1, -0.05) is 40.0 Å². The quantitative estimate of drug-likeness (QED) is 0.726. The highest BCUT2D eigenvalue weighted by molar-refractivity contribution is 7.80. The van der Waals surface area contributed by atoms with Crippen LogP contribution in [0.25, 0.3) is 0 Å². The maximum Gasteiger partial charge on any atom is 0.00195 e. The van der Waals surface area contributed by atoms with Gasteiger partial charge in [-0.3, -0.25) is 0 Å². The average Bonchev–Trinajstić information content (AvgIpc) is 2.25. The predicted molar refractivity (Wildman–Crippen MR) is 80.9 cm³/mol. The number of rotatable bonds is 5. The molecule has 1 rings (SSSR count). The van der Waals surface area contributed by atoms with Gasteiger partial charge < -0.3 is 4.90 Å². The molecule has 0 radical (unpaired) electrons. The summed E-state index contributed by atoms with van der Waals surface area (Å²) < 4.78 is 0. The van der Waals surface area contributed by atoms with E-state index in [0.29, 0.717) is 11.3 Å². The molecule has 1 saturated carbocycles. The highest BCUT2D eigenvalue weighted by Crippen LogP contribution is 2.29. The lowest BCUT2D eigenvalue weighted by atomic mass is 9.81. The number of hydrogen-bond donors (Lipinski definition) is 1. The van der Waals surface area contributed by atoms with Gasteiger partial charge in [0.15, 0.2) is 0 Å². The third kappa shape index (κ3) is 5.65. The molecule has 2 heteroatoms. The van der Waals surface area contributed by atoms with E-state index >= 15 is 0 Å². The van der Waals surface area contributed by atoms with Crippen LogP contribution in [0.1, 0.15) is 52.9 Å². The summed E-state index contributed by atoms with van der Waals surface area (Å²) in [6.07, 6.45) is 7.26. The summed E-state index contributed by atoms with van der Waals surface area (Å²) in [5.74, 6) is 2.65. The average molecular weight is 257 g/mol. The zero-order valence-corrected chi connectivity index (χ0v) is 13.1. The van der Waals surface area contributed by atoms with Gasteiger partial charge in [0, 0.05) is 13.1 Å². The van der Waals surface area contributed by atoms with Crippen molar-refractivity contribution in [3.8, 4) is 0 Å². The minimum atomic E-state index is 0.378. The van der Waals surface area contributed by atoms with Crippen molar-refractivity contribution in [2.75, 3.05) is 25.9 Å². The molecule has 1 unspecified atom stereocenters. The van der Waals surface area contributed by atoms with Gasteiger partial charge in [0.25, 0.3) is 0 Å². The van der Waals surface area contributed by atoms with Crippen LogP contribution in [0, 0.1) is 17.3 Å². The fourth-order valence-corrected chi connectivity index (χ4v) is 3.53. The lowest BCUT2D eigenvalue weighted by Gasteiger charge is -2.35. The van der Waals surface area contributed by atoms with Gasteiger partial charge >= 0.3 is 0 Å². The minimum absolute atomic E-state index is 0.378. The first kappa shape index (κ1) is 15.4. The second kappa shape index (κ2) is 7.04. The van der Waals surface area contributed by atoms with Crippen LogP contribution in [0.2, 0.25) is 0 Å². The Hall–Kier alpha value is 0.310. The Labute approximate surface area is 114 Å². The Bertz CT molecular complexity index is 203. The van der Waals surface area contributed by atoms with Crippen molar-refractivity contribution >= 4 is 12.6 Å². The second-order valence-corrected chi connectivity index (χ2v) is 7.34. The van der Waals surface area contributed by atoms with Gasteiger partial charge in [0.1, 0.15) is 0 Å². The summed E-state index contributed by atoms with van der Waals surface area (Å²) in [7, 11) is 2.29. The van der Waals surface area contributed by atoms with Crippen LogP contribution >= 0.6 is 12.6 Å². The van der Waals surface area contributed by atoms with E-state index in [-0.39, 0.29) is 0 Å². The Morgan fingerprint density at radius 3 is 2.24 bits per heavy atom. The van der Waals surface area contributed by atoms with Gasteiger partial charge in [-0.25, -0.2) is 0 Å². The molecule has 0 saturated heterocycles. The van der Waals surface area contributed by atoms with Gasteiger partial charge in [-0.15, -0.1) is 0 Å². The number of hydrogen-bond acceptors (Lipinski definition) is 2. The van der Waals surface area contributed by atoms with E-state index in [4.69, 9.17) is 0 Å². The van der Waals surface area contributed by atoms with Crippen molar-refractivity contribution < 1.29 is 0 Å². The Balaban J connectivity index is 2.34. The summed E-state index contributed by atoms with van der Waals surface area (Å²) in [6.45, 7) is 9.50. The fourth-order valence-electron chi connectivity index (χ4n) is 2.87. The highest BCUT2D eigenvalue weighted by atomic mass is 32.1. The van der Waals surface area contributed by atoms with Crippen molar-refractivity contribution in [1.82, 2.24) is 4.90 Å². The predicted octanol–water partition coefficient (Wildman–Crippen LogP) is 4.09. The number of thiol groups is 1. The van der Waals surface area contributed by atoms with Gasteiger partial charge in [-0.2, -0.15) is 12.6 Å². The number of nitrogens with zero attached hydrogens (tertiary/aromatic N) is 1. The zero-order valence-electron chi connectivity index (χ0n) is 12.2. The van der Waals surface area contributed by atoms with Crippen molar-refractivity contribution in [2.45, 2.75) is 52.9 Å². The van der Waals surface area contributed by atoms with Crippen LogP contribution in [0.3, 0.4) is 0 Å². The van der Waals surface area contributed by atoms with E-state index in [9.17, 15) is 0 Å². The molecule has 0 N–H and O–H groups in total. The third-order valence-corrected chi connectivity index (χ3v) is 4.71. The summed E-state index contributed by atoms with van der Waals surface area (Å²) in [4.78, 5) is 2.54. The van der Waals surface area contributed by atoms with Crippen molar-refractivity contribution in [1.29, 1.82) is 0 Å². The van der Waals surface area contributed by atoms with Crippen LogP contribution in [0.4, 0.5) is 0 Å². The molecule has 1 nitrogen and oxygen atoms in total. The second-order valence-electron chi connectivity index (χ2n) is 6.97. The van der Waals surface area contributed by atoms with Gasteiger partial charge in [-0.05, 0) is 42.9 Å². The molecule has 0 bridgehead atoms. The largest absolute Gasteiger partial charge is 0.306 e. The van der Waals surface area contributed by atoms with E-state index in [1.807, 2.05) is 0 Å². The van der Waals surface area contributed by atoms with Gasteiger partial charge in [0.05, 0.1) is 0 Å². The molecule has 0 aliphatic heterocycles. The molecule has 1 atom stereocenters.